The monoisotopic (exact) mass is 488 g/mol. The summed E-state index contributed by atoms with van der Waals surface area (Å²) in [6.07, 6.45) is 2.69. The van der Waals surface area contributed by atoms with Crippen molar-refractivity contribution in [3.8, 4) is 5.75 Å². The Balaban J connectivity index is 0.00000261. The number of benzene rings is 1. The van der Waals surface area contributed by atoms with Gasteiger partial charge in [0.15, 0.2) is 5.96 Å². The summed E-state index contributed by atoms with van der Waals surface area (Å²) < 4.78 is 11.3. The van der Waals surface area contributed by atoms with Crippen LogP contribution in [0.2, 0.25) is 0 Å². The molecule has 1 aromatic carbocycles. The first-order valence-corrected chi connectivity index (χ1v) is 9.87. The SMILES string of the molecule is CCNC(=NCc1cccc(OCCN2CCOCC2)c1)NCC1CC1.I. The molecule has 0 unspecified atom stereocenters. The Hall–Kier alpha value is -1.06. The number of ether oxygens (including phenoxy) is 2. The van der Waals surface area contributed by atoms with Gasteiger partial charge in [-0.15, -0.1) is 24.0 Å². The van der Waals surface area contributed by atoms with Crippen LogP contribution in [-0.4, -0.2) is 63.4 Å². The topological polar surface area (TPSA) is 58.1 Å². The van der Waals surface area contributed by atoms with Crippen LogP contribution in [0.3, 0.4) is 0 Å². The van der Waals surface area contributed by atoms with Gasteiger partial charge < -0.3 is 20.1 Å². The molecule has 1 aliphatic heterocycles. The average Bonchev–Trinajstić information content (AvgIpc) is 3.50. The molecule has 1 aliphatic carbocycles. The maximum Gasteiger partial charge on any atom is 0.191 e. The van der Waals surface area contributed by atoms with Crippen molar-refractivity contribution < 1.29 is 9.47 Å². The second-order valence-corrected chi connectivity index (χ2v) is 6.97. The zero-order valence-electron chi connectivity index (χ0n) is 16.3. The molecule has 7 heteroatoms. The molecule has 152 valence electrons. The lowest BCUT2D eigenvalue weighted by molar-refractivity contribution is 0.0322. The third kappa shape index (κ3) is 8.66. The summed E-state index contributed by atoms with van der Waals surface area (Å²) >= 11 is 0. The first kappa shape index (κ1) is 22.2. The lowest BCUT2D eigenvalue weighted by atomic mass is 10.2. The van der Waals surface area contributed by atoms with Crippen molar-refractivity contribution in [3.63, 3.8) is 0 Å². The molecular formula is C20H33IN4O2. The summed E-state index contributed by atoms with van der Waals surface area (Å²) in [6, 6.07) is 8.25. The van der Waals surface area contributed by atoms with Crippen molar-refractivity contribution in [2.45, 2.75) is 26.3 Å². The highest BCUT2D eigenvalue weighted by Crippen LogP contribution is 2.27. The highest BCUT2D eigenvalue weighted by Gasteiger charge is 2.21. The molecule has 0 bridgehead atoms. The molecule has 0 spiro atoms. The molecule has 1 saturated heterocycles. The number of hydrogen-bond acceptors (Lipinski definition) is 4. The Bertz CT molecular complexity index is 575. The Morgan fingerprint density at radius 2 is 2.07 bits per heavy atom. The van der Waals surface area contributed by atoms with E-state index in [4.69, 9.17) is 14.5 Å². The summed E-state index contributed by atoms with van der Waals surface area (Å²) in [5, 5.41) is 6.74. The maximum absolute atomic E-state index is 5.93. The molecule has 6 nitrogen and oxygen atoms in total. The number of guanidine groups is 1. The van der Waals surface area contributed by atoms with Gasteiger partial charge in [-0.05, 0) is 43.4 Å². The van der Waals surface area contributed by atoms with Crippen LogP contribution in [0.25, 0.3) is 0 Å². The normalized spacial score (nSPS) is 17.9. The Morgan fingerprint density at radius 3 is 2.81 bits per heavy atom. The lowest BCUT2D eigenvalue weighted by Gasteiger charge is -2.26. The summed E-state index contributed by atoms with van der Waals surface area (Å²) in [5.41, 5.74) is 1.16. The van der Waals surface area contributed by atoms with Gasteiger partial charge >= 0.3 is 0 Å². The second kappa shape index (κ2) is 12.4. The smallest absolute Gasteiger partial charge is 0.191 e. The quantitative estimate of drug-likeness (QED) is 0.318. The molecule has 2 fully saturated rings. The molecular weight excluding hydrogens is 455 g/mol. The average molecular weight is 488 g/mol. The Morgan fingerprint density at radius 1 is 1.26 bits per heavy atom. The highest BCUT2D eigenvalue weighted by molar-refractivity contribution is 14.0. The fourth-order valence-corrected chi connectivity index (χ4v) is 2.93. The molecule has 0 aromatic heterocycles. The second-order valence-electron chi connectivity index (χ2n) is 6.97. The fraction of sp³-hybridized carbons (Fsp3) is 0.650. The Labute approximate surface area is 180 Å². The van der Waals surface area contributed by atoms with Gasteiger partial charge in [-0.2, -0.15) is 0 Å². The zero-order chi connectivity index (χ0) is 18.0. The van der Waals surface area contributed by atoms with Gasteiger partial charge in [0.2, 0.25) is 0 Å². The third-order valence-corrected chi connectivity index (χ3v) is 4.70. The summed E-state index contributed by atoms with van der Waals surface area (Å²) in [4.78, 5) is 7.08. The van der Waals surface area contributed by atoms with Crippen molar-refractivity contribution >= 4 is 29.9 Å². The van der Waals surface area contributed by atoms with Crippen molar-refractivity contribution in [2.75, 3.05) is 52.5 Å². The number of halogens is 1. The van der Waals surface area contributed by atoms with E-state index in [1.807, 2.05) is 12.1 Å². The standard InChI is InChI=1S/C20H32N4O2.HI/c1-2-21-20(22-15-17-6-7-17)23-16-18-4-3-5-19(14-18)26-13-10-24-8-11-25-12-9-24;/h3-5,14,17H,2,6-13,15-16H2,1H3,(H2,21,22,23);1H. The van der Waals surface area contributed by atoms with E-state index in [9.17, 15) is 0 Å². The van der Waals surface area contributed by atoms with E-state index in [1.54, 1.807) is 0 Å². The molecule has 1 aromatic rings. The van der Waals surface area contributed by atoms with Crippen LogP contribution in [0, 0.1) is 5.92 Å². The van der Waals surface area contributed by atoms with Gasteiger partial charge in [-0.3, -0.25) is 4.90 Å². The zero-order valence-corrected chi connectivity index (χ0v) is 18.6. The van der Waals surface area contributed by atoms with Gasteiger partial charge in [-0.1, -0.05) is 12.1 Å². The van der Waals surface area contributed by atoms with Crippen molar-refractivity contribution in [1.82, 2.24) is 15.5 Å². The third-order valence-electron chi connectivity index (χ3n) is 4.70. The summed E-state index contributed by atoms with van der Waals surface area (Å²) in [6.45, 7) is 9.96. The molecule has 2 aliphatic rings. The molecule has 0 amide bonds. The first-order valence-electron chi connectivity index (χ1n) is 9.87. The minimum atomic E-state index is 0. The molecule has 3 rings (SSSR count). The summed E-state index contributed by atoms with van der Waals surface area (Å²) in [5.74, 6) is 2.65. The maximum atomic E-state index is 5.93. The first-order chi connectivity index (χ1) is 12.8. The van der Waals surface area contributed by atoms with Crippen molar-refractivity contribution in [1.29, 1.82) is 0 Å². The van der Waals surface area contributed by atoms with E-state index in [1.165, 1.54) is 12.8 Å². The predicted molar refractivity (Wildman–Crippen MR) is 120 cm³/mol. The van der Waals surface area contributed by atoms with Crippen LogP contribution < -0.4 is 15.4 Å². The minimum absolute atomic E-state index is 0. The van der Waals surface area contributed by atoms with E-state index in [2.05, 4.69) is 34.6 Å². The van der Waals surface area contributed by atoms with Crippen LogP contribution >= 0.6 is 24.0 Å². The predicted octanol–water partition coefficient (Wildman–Crippen LogP) is 2.48. The van der Waals surface area contributed by atoms with Crippen LogP contribution in [0.1, 0.15) is 25.3 Å². The Kier molecular flexibility index (Phi) is 10.2. The number of hydrogen-bond donors (Lipinski definition) is 2. The van der Waals surface area contributed by atoms with E-state index < -0.39 is 0 Å². The van der Waals surface area contributed by atoms with Crippen molar-refractivity contribution in [2.24, 2.45) is 10.9 Å². The number of aliphatic imine (C=N–C) groups is 1. The van der Waals surface area contributed by atoms with E-state index >= 15 is 0 Å². The summed E-state index contributed by atoms with van der Waals surface area (Å²) in [7, 11) is 0. The molecule has 27 heavy (non-hydrogen) atoms. The lowest BCUT2D eigenvalue weighted by Crippen LogP contribution is -2.38. The fourth-order valence-electron chi connectivity index (χ4n) is 2.93. The minimum Gasteiger partial charge on any atom is -0.492 e. The van der Waals surface area contributed by atoms with Crippen LogP contribution in [0.5, 0.6) is 5.75 Å². The van der Waals surface area contributed by atoms with Gasteiger partial charge in [0.05, 0.1) is 19.8 Å². The molecule has 0 atom stereocenters. The van der Waals surface area contributed by atoms with Crippen LogP contribution in [-0.2, 0) is 11.3 Å². The molecule has 0 radical (unpaired) electrons. The largest absolute Gasteiger partial charge is 0.492 e. The molecule has 2 N–H and O–H groups in total. The van der Waals surface area contributed by atoms with Crippen LogP contribution in [0.4, 0.5) is 0 Å². The van der Waals surface area contributed by atoms with Gasteiger partial charge in [-0.25, -0.2) is 4.99 Å². The van der Waals surface area contributed by atoms with Crippen LogP contribution in [0.15, 0.2) is 29.3 Å². The van der Waals surface area contributed by atoms with E-state index in [0.29, 0.717) is 13.2 Å². The number of morpholine rings is 1. The van der Waals surface area contributed by atoms with Gasteiger partial charge in [0, 0.05) is 32.7 Å². The van der Waals surface area contributed by atoms with E-state index in [0.717, 1.165) is 69.1 Å². The number of rotatable bonds is 9. The van der Waals surface area contributed by atoms with Gasteiger partial charge in [0.25, 0.3) is 0 Å². The van der Waals surface area contributed by atoms with Gasteiger partial charge in [0.1, 0.15) is 12.4 Å². The molecule has 1 heterocycles. The van der Waals surface area contributed by atoms with E-state index in [-0.39, 0.29) is 24.0 Å². The van der Waals surface area contributed by atoms with Crippen molar-refractivity contribution in [3.05, 3.63) is 29.8 Å². The molecule has 1 saturated carbocycles. The number of nitrogens with one attached hydrogen (secondary N) is 2. The highest BCUT2D eigenvalue weighted by atomic mass is 127. The number of nitrogens with zero attached hydrogens (tertiary/aromatic N) is 2.